The SMILES string of the molecule is CC(=O)O[C@H](/C=C/c1ccccc1)C(=O)O. The first-order valence-electron chi connectivity index (χ1n) is 4.73. The zero-order valence-corrected chi connectivity index (χ0v) is 8.79. The first-order chi connectivity index (χ1) is 7.59. The molecule has 0 unspecified atom stereocenters. The van der Waals surface area contributed by atoms with Gasteiger partial charge in [0.15, 0.2) is 0 Å². The van der Waals surface area contributed by atoms with Gasteiger partial charge >= 0.3 is 11.9 Å². The van der Waals surface area contributed by atoms with Crippen molar-refractivity contribution in [3.63, 3.8) is 0 Å². The van der Waals surface area contributed by atoms with Gasteiger partial charge in [0.05, 0.1) is 0 Å². The van der Waals surface area contributed by atoms with Gasteiger partial charge in [-0.15, -0.1) is 0 Å². The second-order valence-electron chi connectivity index (χ2n) is 3.14. The van der Waals surface area contributed by atoms with E-state index >= 15 is 0 Å². The standard InChI is InChI=1S/C12H12O4/c1-9(13)16-11(12(14)15)8-7-10-5-3-2-4-6-10/h2-8,11H,1H3,(H,14,15)/b8-7+/t11-/m1/s1. The van der Waals surface area contributed by atoms with Crippen LogP contribution in [0.25, 0.3) is 6.08 Å². The minimum Gasteiger partial charge on any atom is -0.478 e. The van der Waals surface area contributed by atoms with Crippen molar-refractivity contribution in [1.82, 2.24) is 0 Å². The molecule has 0 saturated heterocycles. The highest BCUT2D eigenvalue weighted by Crippen LogP contribution is 2.04. The topological polar surface area (TPSA) is 63.6 Å². The van der Waals surface area contributed by atoms with Gasteiger partial charge in [-0.2, -0.15) is 0 Å². The summed E-state index contributed by atoms with van der Waals surface area (Å²) in [4.78, 5) is 21.4. The van der Waals surface area contributed by atoms with Crippen molar-refractivity contribution >= 4 is 18.0 Å². The van der Waals surface area contributed by atoms with E-state index in [0.717, 1.165) is 5.56 Å². The summed E-state index contributed by atoms with van der Waals surface area (Å²) in [7, 11) is 0. The Balaban J connectivity index is 2.72. The fourth-order valence-corrected chi connectivity index (χ4v) is 1.11. The number of aliphatic carboxylic acids is 1. The molecule has 0 saturated carbocycles. The summed E-state index contributed by atoms with van der Waals surface area (Å²) in [5.74, 6) is -1.81. The molecule has 1 N–H and O–H groups in total. The molecule has 84 valence electrons. The molecule has 16 heavy (non-hydrogen) atoms. The number of ether oxygens (including phenoxy) is 1. The largest absolute Gasteiger partial charge is 0.478 e. The van der Waals surface area contributed by atoms with E-state index < -0.39 is 18.0 Å². The van der Waals surface area contributed by atoms with Crippen molar-refractivity contribution in [3.05, 3.63) is 42.0 Å². The second kappa shape index (κ2) is 5.70. The Morgan fingerprint density at radius 2 is 1.94 bits per heavy atom. The van der Waals surface area contributed by atoms with Crippen molar-refractivity contribution in [2.45, 2.75) is 13.0 Å². The van der Waals surface area contributed by atoms with Crippen LogP contribution in [-0.4, -0.2) is 23.1 Å². The fourth-order valence-electron chi connectivity index (χ4n) is 1.11. The first kappa shape index (κ1) is 12.0. The third kappa shape index (κ3) is 3.96. The normalized spacial score (nSPS) is 12.3. The minimum absolute atomic E-state index is 0.620. The van der Waals surface area contributed by atoms with E-state index in [0.29, 0.717) is 0 Å². The van der Waals surface area contributed by atoms with Crippen LogP contribution in [0.3, 0.4) is 0 Å². The van der Waals surface area contributed by atoms with E-state index in [9.17, 15) is 9.59 Å². The van der Waals surface area contributed by atoms with Crippen molar-refractivity contribution in [3.8, 4) is 0 Å². The Morgan fingerprint density at radius 1 is 1.31 bits per heavy atom. The van der Waals surface area contributed by atoms with Crippen molar-refractivity contribution < 1.29 is 19.4 Å². The average molecular weight is 220 g/mol. The Labute approximate surface area is 93.2 Å². The molecule has 0 aliphatic rings. The van der Waals surface area contributed by atoms with Gasteiger partial charge in [-0.1, -0.05) is 36.4 Å². The zero-order chi connectivity index (χ0) is 12.0. The number of hydrogen-bond donors (Lipinski definition) is 1. The maximum absolute atomic E-state index is 10.7. The molecule has 0 aliphatic carbocycles. The predicted molar refractivity (Wildman–Crippen MR) is 58.7 cm³/mol. The summed E-state index contributed by atoms with van der Waals surface area (Å²) in [6.45, 7) is 1.17. The van der Waals surface area contributed by atoms with Crippen LogP contribution < -0.4 is 0 Å². The third-order valence-corrected chi connectivity index (χ3v) is 1.80. The van der Waals surface area contributed by atoms with E-state index in [2.05, 4.69) is 4.74 Å². The van der Waals surface area contributed by atoms with Crippen LogP contribution in [0.15, 0.2) is 36.4 Å². The summed E-state index contributed by atoms with van der Waals surface area (Å²) >= 11 is 0. The van der Waals surface area contributed by atoms with Crippen LogP contribution in [0.5, 0.6) is 0 Å². The number of benzene rings is 1. The van der Waals surface area contributed by atoms with E-state index in [-0.39, 0.29) is 0 Å². The Hall–Kier alpha value is -2.10. The van der Waals surface area contributed by atoms with Crippen LogP contribution in [-0.2, 0) is 14.3 Å². The van der Waals surface area contributed by atoms with Gasteiger partial charge in [0.1, 0.15) is 0 Å². The molecule has 1 aromatic rings. The average Bonchev–Trinajstić information content (AvgIpc) is 2.25. The van der Waals surface area contributed by atoms with Gasteiger partial charge in [-0.05, 0) is 11.6 Å². The minimum atomic E-state index is -1.24. The maximum Gasteiger partial charge on any atom is 0.349 e. The zero-order valence-electron chi connectivity index (χ0n) is 8.79. The number of carboxylic acids is 1. The Bertz CT molecular complexity index is 395. The fraction of sp³-hybridized carbons (Fsp3) is 0.167. The smallest absolute Gasteiger partial charge is 0.349 e. The second-order valence-corrected chi connectivity index (χ2v) is 3.14. The van der Waals surface area contributed by atoms with Gasteiger partial charge < -0.3 is 9.84 Å². The van der Waals surface area contributed by atoms with Gasteiger partial charge in [0, 0.05) is 6.92 Å². The van der Waals surface area contributed by atoms with Crippen LogP contribution in [0.4, 0.5) is 0 Å². The monoisotopic (exact) mass is 220 g/mol. The lowest BCUT2D eigenvalue weighted by molar-refractivity contribution is -0.158. The first-order valence-corrected chi connectivity index (χ1v) is 4.73. The van der Waals surface area contributed by atoms with Gasteiger partial charge in [-0.3, -0.25) is 4.79 Å². The Morgan fingerprint density at radius 3 is 2.44 bits per heavy atom. The van der Waals surface area contributed by atoms with E-state index in [1.165, 1.54) is 13.0 Å². The van der Waals surface area contributed by atoms with E-state index in [1.54, 1.807) is 6.08 Å². The lowest BCUT2D eigenvalue weighted by Crippen LogP contribution is -2.23. The number of hydrogen-bond acceptors (Lipinski definition) is 3. The number of carboxylic acid groups (broad SMARTS) is 1. The summed E-state index contributed by atoms with van der Waals surface area (Å²) in [6.07, 6.45) is 1.69. The lowest BCUT2D eigenvalue weighted by Gasteiger charge is -2.07. The van der Waals surface area contributed by atoms with Gasteiger partial charge in [-0.25, -0.2) is 4.79 Å². The van der Waals surface area contributed by atoms with Crippen LogP contribution in [0.2, 0.25) is 0 Å². The van der Waals surface area contributed by atoms with Gasteiger partial charge in [0.2, 0.25) is 6.10 Å². The molecule has 0 heterocycles. The Kier molecular flexibility index (Phi) is 4.27. The molecule has 0 bridgehead atoms. The third-order valence-electron chi connectivity index (χ3n) is 1.80. The lowest BCUT2D eigenvalue weighted by atomic mass is 10.2. The van der Waals surface area contributed by atoms with Crippen molar-refractivity contribution in [2.24, 2.45) is 0 Å². The van der Waals surface area contributed by atoms with Gasteiger partial charge in [0.25, 0.3) is 0 Å². The number of carbonyl (C=O) groups excluding carboxylic acids is 1. The van der Waals surface area contributed by atoms with Crippen molar-refractivity contribution in [2.75, 3.05) is 0 Å². The highest BCUT2D eigenvalue weighted by atomic mass is 16.6. The summed E-state index contributed by atoms with van der Waals surface area (Å²) in [6, 6.07) is 9.17. The molecule has 4 heteroatoms. The van der Waals surface area contributed by atoms with E-state index in [1.807, 2.05) is 30.3 Å². The molecule has 1 atom stereocenters. The highest BCUT2D eigenvalue weighted by Gasteiger charge is 2.16. The number of carbonyl (C=O) groups is 2. The molecule has 0 amide bonds. The molecule has 0 spiro atoms. The predicted octanol–water partition coefficient (Wildman–Crippen LogP) is 1.72. The molecule has 1 aromatic carbocycles. The number of rotatable bonds is 4. The molecular formula is C12H12O4. The molecular weight excluding hydrogens is 208 g/mol. The number of esters is 1. The van der Waals surface area contributed by atoms with E-state index in [4.69, 9.17) is 5.11 Å². The molecule has 0 aliphatic heterocycles. The quantitative estimate of drug-likeness (QED) is 0.784. The molecule has 0 fully saturated rings. The summed E-state index contributed by atoms with van der Waals surface area (Å²) < 4.78 is 4.61. The molecule has 1 rings (SSSR count). The van der Waals surface area contributed by atoms with Crippen molar-refractivity contribution in [1.29, 1.82) is 0 Å². The van der Waals surface area contributed by atoms with Crippen LogP contribution >= 0.6 is 0 Å². The summed E-state index contributed by atoms with van der Waals surface area (Å²) in [5, 5.41) is 8.77. The van der Waals surface area contributed by atoms with Crippen LogP contribution in [0, 0.1) is 0 Å². The highest BCUT2D eigenvalue weighted by molar-refractivity contribution is 5.80. The molecule has 0 radical (unpaired) electrons. The molecule has 0 aromatic heterocycles. The van der Waals surface area contributed by atoms with Crippen LogP contribution in [0.1, 0.15) is 12.5 Å². The summed E-state index contributed by atoms with van der Waals surface area (Å²) in [5.41, 5.74) is 0.848. The molecule has 4 nitrogen and oxygen atoms in total. The maximum atomic E-state index is 10.7.